The van der Waals surface area contributed by atoms with E-state index < -0.39 is 0 Å². The summed E-state index contributed by atoms with van der Waals surface area (Å²) in [7, 11) is 0. The first-order valence-corrected chi connectivity index (χ1v) is 17.3. The Balaban J connectivity index is 1.18. The summed E-state index contributed by atoms with van der Waals surface area (Å²) in [6.45, 7) is 0. The van der Waals surface area contributed by atoms with Crippen LogP contribution in [0.5, 0.6) is 0 Å². The smallest absolute Gasteiger partial charge is 0.235 e. The van der Waals surface area contributed by atoms with E-state index in [2.05, 4.69) is 180 Å². The Morgan fingerprint density at radius 3 is 1.49 bits per heavy atom. The molecule has 0 atom stereocenters. The summed E-state index contributed by atoms with van der Waals surface area (Å²) in [5, 5.41) is 7.29. The predicted molar refractivity (Wildman–Crippen MR) is 213 cm³/mol. The molecule has 10 rings (SSSR count). The van der Waals surface area contributed by atoms with E-state index >= 15 is 0 Å². The van der Waals surface area contributed by atoms with Gasteiger partial charge in [0.1, 0.15) is 0 Å². The fourth-order valence-electron chi connectivity index (χ4n) is 7.65. The summed E-state index contributed by atoms with van der Waals surface area (Å²) >= 11 is 0. The highest BCUT2D eigenvalue weighted by Gasteiger charge is 2.19. The number of hydrogen-bond acceptors (Lipinski definition) is 2. The van der Waals surface area contributed by atoms with Crippen LogP contribution in [-0.4, -0.2) is 14.5 Å². The van der Waals surface area contributed by atoms with Crippen LogP contribution >= 0.6 is 0 Å². The first-order chi connectivity index (χ1) is 25.3. The predicted octanol–water partition coefficient (Wildman–Crippen LogP) is 12.5. The van der Waals surface area contributed by atoms with Crippen molar-refractivity contribution in [1.82, 2.24) is 14.5 Å². The Morgan fingerprint density at radius 2 is 0.863 bits per heavy atom. The molecule has 0 radical (unpaired) electrons. The van der Waals surface area contributed by atoms with Crippen LogP contribution in [0, 0.1) is 0 Å². The Bertz CT molecular complexity index is 2830. The van der Waals surface area contributed by atoms with Gasteiger partial charge in [0.05, 0.1) is 22.4 Å². The maximum absolute atomic E-state index is 5.22. The van der Waals surface area contributed by atoms with Gasteiger partial charge in [0.15, 0.2) is 0 Å². The Labute approximate surface area is 295 Å². The minimum absolute atomic E-state index is 0.655. The highest BCUT2D eigenvalue weighted by molar-refractivity contribution is 6.21. The highest BCUT2D eigenvalue weighted by Crippen LogP contribution is 2.40. The van der Waals surface area contributed by atoms with Gasteiger partial charge in [-0.05, 0) is 68.1 Å². The van der Waals surface area contributed by atoms with Gasteiger partial charge in [-0.2, -0.15) is 0 Å². The average Bonchev–Trinajstić information content (AvgIpc) is 3.56. The lowest BCUT2D eigenvalue weighted by atomic mass is 9.91. The van der Waals surface area contributed by atoms with Crippen molar-refractivity contribution < 1.29 is 0 Å². The third-order valence-electron chi connectivity index (χ3n) is 10.0. The van der Waals surface area contributed by atoms with Crippen LogP contribution in [0.4, 0.5) is 0 Å². The van der Waals surface area contributed by atoms with Crippen LogP contribution in [-0.2, 0) is 0 Å². The number of aromatic nitrogens is 3. The van der Waals surface area contributed by atoms with Gasteiger partial charge < -0.3 is 0 Å². The fourth-order valence-corrected chi connectivity index (χ4v) is 7.65. The summed E-state index contributed by atoms with van der Waals surface area (Å²) in [4.78, 5) is 10.4. The van der Waals surface area contributed by atoms with Gasteiger partial charge in [-0.3, -0.25) is 4.57 Å². The maximum Gasteiger partial charge on any atom is 0.235 e. The highest BCUT2D eigenvalue weighted by atomic mass is 15.2. The van der Waals surface area contributed by atoms with Crippen molar-refractivity contribution in [3.8, 4) is 50.7 Å². The summed E-state index contributed by atoms with van der Waals surface area (Å²) in [5.41, 5.74) is 11.0. The second kappa shape index (κ2) is 11.9. The molecule has 0 saturated carbocycles. The molecule has 3 nitrogen and oxygen atoms in total. The van der Waals surface area contributed by atoms with Crippen molar-refractivity contribution in [2.75, 3.05) is 0 Å². The van der Waals surface area contributed by atoms with Crippen molar-refractivity contribution in [3.63, 3.8) is 0 Å². The van der Waals surface area contributed by atoms with Crippen LogP contribution in [0.1, 0.15) is 0 Å². The average molecular weight is 650 g/mol. The van der Waals surface area contributed by atoms with Crippen molar-refractivity contribution in [2.24, 2.45) is 0 Å². The summed E-state index contributed by atoms with van der Waals surface area (Å²) in [6, 6.07) is 66.8. The molecule has 0 bridgehead atoms. The molecule has 10 aromatic rings. The molecule has 238 valence electrons. The maximum atomic E-state index is 5.22. The van der Waals surface area contributed by atoms with E-state index in [0.717, 1.165) is 33.5 Å². The van der Waals surface area contributed by atoms with E-state index in [4.69, 9.17) is 9.97 Å². The van der Waals surface area contributed by atoms with Crippen LogP contribution < -0.4 is 0 Å². The topological polar surface area (TPSA) is 30.7 Å². The van der Waals surface area contributed by atoms with E-state index in [1.165, 1.54) is 54.6 Å². The van der Waals surface area contributed by atoms with Gasteiger partial charge in [-0.25, -0.2) is 9.97 Å². The molecule has 0 spiro atoms. The molecule has 0 unspecified atom stereocenters. The third-order valence-corrected chi connectivity index (χ3v) is 10.0. The zero-order valence-electron chi connectivity index (χ0n) is 27.7. The van der Waals surface area contributed by atoms with Crippen LogP contribution in [0.3, 0.4) is 0 Å². The molecule has 3 heteroatoms. The minimum atomic E-state index is 0.655. The SMILES string of the molecule is c1ccc(-c2cc(-c3ccccc3)nc(-n3c4ccccc4c4c5ccc(-c6ccc(-c7ccccc7)c7ccccc67)cc5ccc43)n2)cc1. The Kier molecular flexibility index (Phi) is 6.81. The van der Waals surface area contributed by atoms with Gasteiger partial charge in [-0.1, -0.05) is 164 Å². The molecule has 0 amide bonds. The molecule has 51 heavy (non-hydrogen) atoms. The Hall–Kier alpha value is -6.84. The van der Waals surface area contributed by atoms with Crippen LogP contribution in [0.2, 0.25) is 0 Å². The van der Waals surface area contributed by atoms with E-state index in [1.807, 2.05) is 12.1 Å². The summed E-state index contributed by atoms with van der Waals surface area (Å²) < 4.78 is 2.23. The van der Waals surface area contributed by atoms with E-state index in [-0.39, 0.29) is 0 Å². The minimum Gasteiger partial charge on any atom is -0.278 e. The molecular weight excluding hydrogens is 619 g/mol. The van der Waals surface area contributed by atoms with Gasteiger partial charge in [-0.15, -0.1) is 0 Å². The fraction of sp³-hybridized carbons (Fsp3) is 0. The van der Waals surface area contributed by atoms with Gasteiger partial charge in [0.25, 0.3) is 0 Å². The van der Waals surface area contributed by atoms with Crippen LogP contribution in [0.15, 0.2) is 188 Å². The molecule has 2 heterocycles. The number of hydrogen-bond donors (Lipinski definition) is 0. The van der Waals surface area contributed by atoms with E-state index in [0.29, 0.717) is 5.95 Å². The van der Waals surface area contributed by atoms with E-state index in [9.17, 15) is 0 Å². The quantitative estimate of drug-likeness (QED) is 0.186. The van der Waals surface area contributed by atoms with Crippen molar-refractivity contribution in [1.29, 1.82) is 0 Å². The Morgan fingerprint density at radius 1 is 0.333 bits per heavy atom. The molecule has 0 aliphatic carbocycles. The first-order valence-electron chi connectivity index (χ1n) is 17.3. The zero-order chi connectivity index (χ0) is 33.7. The number of benzene rings is 8. The standard InChI is InChI=1S/C48H31N3/c1-4-14-32(15-5-1)37-27-28-38(41-21-11-10-20-40(37)41)35-24-26-39-36(30-35)25-29-46-47(39)42-22-12-13-23-45(42)51(46)48-49-43(33-16-6-2-7-17-33)31-44(50-48)34-18-8-3-9-19-34/h1-31H. The number of nitrogens with zero attached hydrogens (tertiary/aromatic N) is 3. The number of rotatable bonds is 5. The van der Waals surface area contributed by atoms with Gasteiger partial charge in [0, 0.05) is 21.9 Å². The normalized spacial score (nSPS) is 11.5. The molecular formula is C48H31N3. The molecule has 0 saturated heterocycles. The van der Waals surface area contributed by atoms with Gasteiger partial charge >= 0.3 is 0 Å². The number of para-hydroxylation sites is 1. The lowest BCUT2D eigenvalue weighted by Gasteiger charge is -2.13. The lowest BCUT2D eigenvalue weighted by molar-refractivity contribution is 0.996. The number of fused-ring (bicyclic) bond motifs is 6. The first kappa shape index (κ1) is 29.1. The van der Waals surface area contributed by atoms with Crippen molar-refractivity contribution in [2.45, 2.75) is 0 Å². The monoisotopic (exact) mass is 649 g/mol. The molecule has 0 aliphatic rings. The summed E-state index contributed by atoms with van der Waals surface area (Å²) in [5.74, 6) is 0.655. The second-order valence-electron chi connectivity index (χ2n) is 13.0. The molecule has 8 aromatic carbocycles. The summed E-state index contributed by atoms with van der Waals surface area (Å²) in [6.07, 6.45) is 0. The van der Waals surface area contributed by atoms with Crippen molar-refractivity contribution >= 4 is 43.4 Å². The van der Waals surface area contributed by atoms with E-state index in [1.54, 1.807) is 0 Å². The largest absolute Gasteiger partial charge is 0.278 e. The third kappa shape index (κ3) is 4.90. The molecule has 0 N–H and O–H groups in total. The lowest BCUT2D eigenvalue weighted by Crippen LogP contribution is -2.03. The molecule has 2 aromatic heterocycles. The second-order valence-corrected chi connectivity index (χ2v) is 13.0. The molecule has 0 fully saturated rings. The van der Waals surface area contributed by atoms with Gasteiger partial charge in [0.2, 0.25) is 5.95 Å². The zero-order valence-corrected chi connectivity index (χ0v) is 27.7. The van der Waals surface area contributed by atoms with Crippen molar-refractivity contribution in [3.05, 3.63) is 188 Å². The van der Waals surface area contributed by atoms with Crippen LogP contribution in [0.25, 0.3) is 94.1 Å². The molecule has 0 aliphatic heterocycles.